The van der Waals surface area contributed by atoms with Crippen LogP contribution < -0.4 is 5.32 Å². The topological polar surface area (TPSA) is 94.8 Å². The molecule has 0 aliphatic carbocycles. The van der Waals surface area contributed by atoms with Gasteiger partial charge in [-0.05, 0) is 48.5 Å². The van der Waals surface area contributed by atoms with E-state index in [-0.39, 0.29) is 5.97 Å². The fourth-order valence-corrected chi connectivity index (χ4v) is 2.66. The third kappa shape index (κ3) is 3.32. The van der Waals surface area contributed by atoms with Crippen LogP contribution in [-0.2, 0) is 4.74 Å². The smallest absolute Gasteiger partial charge is 0.338 e. The molecule has 0 spiro atoms. The minimum Gasteiger partial charge on any atom is -0.462 e. The quantitative estimate of drug-likeness (QED) is 0.546. The van der Waals surface area contributed by atoms with E-state index in [1.807, 2.05) is 30.3 Å². The molecule has 0 saturated carbocycles. The summed E-state index contributed by atoms with van der Waals surface area (Å²) in [6.07, 6.45) is 1.69. The maximum absolute atomic E-state index is 11.7. The molecule has 134 valence electrons. The van der Waals surface area contributed by atoms with Crippen LogP contribution in [0.2, 0.25) is 0 Å². The molecule has 1 N–H and O–H groups in total. The maximum Gasteiger partial charge on any atom is 0.338 e. The molecule has 27 heavy (non-hydrogen) atoms. The Bertz CT molecular complexity index is 1080. The fraction of sp³-hybridized carbons (Fsp3) is 0.105. The molecule has 8 nitrogen and oxygen atoms in total. The fourth-order valence-electron chi connectivity index (χ4n) is 2.66. The summed E-state index contributed by atoms with van der Waals surface area (Å²) in [5.74, 6) is 0.186. The molecule has 2 aromatic heterocycles. The summed E-state index contributed by atoms with van der Waals surface area (Å²) < 4.78 is 6.69. The first-order valence-electron chi connectivity index (χ1n) is 8.43. The normalized spacial score (nSPS) is 10.7. The number of rotatable bonds is 5. The van der Waals surface area contributed by atoms with Crippen molar-refractivity contribution in [3.05, 3.63) is 66.4 Å². The zero-order chi connectivity index (χ0) is 18.6. The molecule has 0 atom stereocenters. The van der Waals surface area contributed by atoms with Crippen molar-refractivity contribution in [3.63, 3.8) is 0 Å². The lowest BCUT2D eigenvalue weighted by molar-refractivity contribution is 0.0526. The number of nitrogens with one attached hydrogen (secondary N) is 1. The summed E-state index contributed by atoms with van der Waals surface area (Å²) in [6, 6.07) is 16.6. The van der Waals surface area contributed by atoms with E-state index in [2.05, 4.69) is 25.8 Å². The number of para-hydroxylation sites is 1. The third-order valence-corrected chi connectivity index (χ3v) is 3.94. The van der Waals surface area contributed by atoms with Crippen LogP contribution >= 0.6 is 0 Å². The average Bonchev–Trinajstić information content (AvgIpc) is 3.15. The Morgan fingerprint density at radius 2 is 1.85 bits per heavy atom. The van der Waals surface area contributed by atoms with Crippen LogP contribution in [0.5, 0.6) is 0 Å². The number of ether oxygens (including phenoxy) is 1. The van der Waals surface area contributed by atoms with Crippen molar-refractivity contribution in [2.45, 2.75) is 6.92 Å². The molecule has 4 rings (SSSR count). The van der Waals surface area contributed by atoms with Gasteiger partial charge in [0.1, 0.15) is 0 Å². The molecular formula is C19H16N6O2. The molecule has 0 fully saturated rings. The Kier molecular flexibility index (Phi) is 4.44. The van der Waals surface area contributed by atoms with Gasteiger partial charge >= 0.3 is 5.97 Å². The molecule has 0 aliphatic heterocycles. The number of nitrogens with zero attached hydrogens (tertiary/aromatic N) is 5. The molecule has 0 amide bonds. The lowest BCUT2D eigenvalue weighted by Crippen LogP contribution is -2.05. The number of aromatic nitrogens is 5. The predicted octanol–water partition coefficient (Wildman–Crippen LogP) is 3.13. The molecule has 2 heterocycles. The van der Waals surface area contributed by atoms with Gasteiger partial charge in [0, 0.05) is 5.69 Å². The van der Waals surface area contributed by atoms with Crippen molar-refractivity contribution in [2.24, 2.45) is 0 Å². The zero-order valence-corrected chi connectivity index (χ0v) is 14.5. The Morgan fingerprint density at radius 1 is 1.07 bits per heavy atom. The first kappa shape index (κ1) is 16.6. The largest absolute Gasteiger partial charge is 0.462 e. The van der Waals surface area contributed by atoms with E-state index in [1.54, 1.807) is 42.1 Å². The van der Waals surface area contributed by atoms with Crippen LogP contribution in [0.25, 0.3) is 16.7 Å². The van der Waals surface area contributed by atoms with Gasteiger partial charge in [0.25, 0.3) is 0 Å². The lowest BCUT2D eigenvalue weighted by Gasteiger charge is -2.07. The van der Waals surface area contributed by atoms with Crippen molar-refractivity contribution in [1.82, 2.24) is 25.2 Å². The van der Waals surface area contributed by atoms with Gasteiger partial charge in [0.05, 0.1) is 29.4 Å². The first-order chi connectivity index (χ1) is 13.3. The van der Waals surface area contributed by atoms with Gasteiger partial charge < -0.3 is 10.1 Å². The predicted molar refractivity (Wildman–Crippen MR) is 100 cm³/mol. The van der Waals surface area contributed by atoms with E-state index in [1.165, 1.54) is 0 Å². The van der Waals surface area contributed by atoms with Crippen molar-refractivity contribution in [3.8, 4) is 5.69 Å². The highest BCUT2D eigenvalue weighted by Gasteiger charge is 2.13. The molecule has 0 bridgehead atoms. The summed E-state index contributed by atoms with van der Waals surface area (Å²) in [4.78, 5) is 11.7. The number of carbonyl (C=O) groups excluding carboxylic acids is 1. The van der Waals surface area contributed by atoms with Crippen LogP contribution in [0.1, 0.15) is 17.3 Å². The van der Waals surface area contributed by atoms with Crippen LogP contribution in [0.3, 0.4) is 0 Å². The zero-order valence-electron chi connectivity index (χ0n) is 14.5. The standard InChI is InChI=1S/C19H16N6O2/c1-2-27-19(26)13-8-10-14(11-9-13)21-17-16-12-20-25(18(16)23-24-22-17)15-6-4-3-5-7-15/h3-12H,2H2,1H3,(H,21,22,23). The molecule has 0 aliphatic rings. The Balaban J connectivity index is 1.63. The van der Waals surface area contributed by atoms with Gasteiger partial charge in [-0.1, -0.05) is 18.2 Å². The minimum absolute atomic E-state index is 0.342. The van der Waals surface area contributed by atoms with Gasteiger partial charge in [0.2, 0.25) is 0 Å². The first-order valence-corrected chi connectivity index (χ1v) is 8.43. The number of fused-ring (bicyclic) bond motifs is 1. The summed E-state index contributed by atoms with van der Waals surface area (Å²) in [6.45, 7) is 2.12. The van der Waals surface area contributed by atoms with Gasteiger partial charge in [-0.3, -0.25) is 0 Å². The number of benzene rings is 2. The van der Waals surface area contributed by atoms with E-state index in [9.17, 15) is 4.79 Å². The van der Waals surface area contributed by atoms with Crippen molar-refractivity contribution in [1.29, 1.82) is 0 Å². The second kappa shape index (κ2) is 7.20. The number of hydrogen-bond acceptors (Lipinski definition) is 7. The van der Waals surface area contributed by atoms with Crippen molar-refractivity contribution >= 4 is 28.5 Å². The molecule has 4 aromatic rings. The molecular weight excluding hydrogens is 344 g/mol. The minimum atomic E-state index is -0.348. The summed E-state index contributed by atoms with van der Waals surface area (Å²) in [5.41, 5.74) is 2.74. The second-order valence-electron chi connectivity index (χ2n) is 5.69. The molecule has 2 aromatic carbocycles. The molecule has 0 unspecified atom stereocenters. The summed E-state index contributed by atoms with van der Waals surface area (Å²) in [7, 11) is 0. The Morgan fingerprint density at radius 3 is 2.59 bits per heavy atom. The monoisotopic (exact) mass is 360 g/mol. The summed E-state index contributed by atoms with van der Waals surface area (Å²) >= 11 is 0. The van der Waals surface area contributed by atoms with E-state index < -0.39 is 0 Å². The maximum atomic E-state index is 11.7. The molecule has 8 heteroatoms. The second-order valence-corrected chi connectivity index (χ2v) is 5.69. The van der Waals surface area contributed by atoms with Gasteiger partial charge in [0.15, 0.2) is 11.5 Å². The number of anilines is 2. The van der Waals surface area contributed by atoms with Crippen LogP contribution in [0.4, 0.5) is 11.5 Å². The highest BCUT2D eigenvalue weighted by Crippen LogP contribution is 2.24. The third-order valence-electron chi connectivity index (χ3n) is 3.94. The lowest BCUT2D eigenvalue weighted by atomic mass is 10.2. The highest BCUT2D eigenvalue weighted by atomic mass is 16.5. The average molecular weight is 360 g/mol. The molecule has 0 saturated heterocycles. The molecule has 0 radical (unpaired) electrons. The van der Waals surface area contributed by atoms with E-state index in [0.29, 0.717) is 23.6 Å². The number of carbonyl (C=O) groups is 1. The van der Waals surface area contributed by atoms with E-state index >= 15 is 0 Å². The van der Waals surface area contributed by atoms with Crippen LogP contribution in [-0.4, -0.2) is 37.8 Å². The number of hydrogen-bond donors (Lipinski definition) is 1. The van der Waals surface area contributed by atoms with Crippen molar-refractivity contribution < 1.29 is 9.53 Å². The van der Waals surface area contributed by atoms with Crippen LogP contribution in [0.15, 0.2) is 60.8 Å². The van der Waals surface area contributed by atoms with Gasteiger partial charge in [-0.2, -0.15) is 5.10 Å². The summed E-state index contributed by atoms with van der Waals surface area (Å²) in [5, 5.41) is 20.4. The van der Waals surface area contributed by atoms with Crippen molar-refractivity contribution in [2.75, 3.05) is 11.9 Å². The SMILES string of the molecule is CCOC(=O)c1ccc(Nc2nnnc3c2cnn3-c2ccccc2)cc1. The highest BCUT2D eigenvalue weighted by molar-refractivity contribution is 5.91. The van der Waals surface area contributed by atoms with Gasteiger partial charge in [-0.15, -0.1) is 10.2 Å². The van der Waals surface area contributed by atoms with E-state index in [4.69, 9.17) is 4.74 Å². The Labute approximate surface area is 154 Å². The number of esters is 1. The van der Waals surface area contributed by atoms with Crippen LogP contribution in [0, 0.1) is 0 Å². The van der Waals surface area contributed by atoms with Gasteiger partial charge in [-0.25, -0.2) is 9.48 Å². The van der Waals surface area contributed by atoms with E-state index in [0.717, 1.165) is 16.8 Å². The Hall–Kier alpha value is -3.81.